The molecule has 1 atom stereocenters. The number of carbonyl (C=O) groups excluding carboxylic acids is 2. The Bertz CT molecular complexity index is 943. The minimum Gasteiger partial charge on any atom is -0.349 e. The number of benzene rings is 1. The zero-order chi connectivity index (χ0) is 19.9. The van der Waals surface area contributed by atoms with E-state index in [0.29, 0.717) is 18.7 Å². The van der Waals surface area contributed by atoms with Gasteiger partial charge in [-0.25, -0.2) is 4.98 Å². The van der Waals surface area contributed by atoms with E-state index in [9.17, 15) is 9.59 Å². The van der Waals surface area contributed by atoms with Crippen LogP contribution in [0.5, 0.6) is 0 Å². The van der Waals surface area contributed by atoms with Crippen molar-refractivity contribution in [3.05, 3.63) is 69.9 Å². The fourth-order valence-electron chi connectivity index (χ4n) is 2.68. The maximum atomic E-state index is 12.4. The molecule has 3 N–H and O–H groups in total. The lowest BCUT2D eigenvalue weighted by Gasteiger charge is -2.13. The maximum Gasteiger partial charge on any atom is 0.251 e. The summed E-state index contributed by atoms with van der Waals surface area (Å²) in [7, 11) is 3.54. The van der Waals surface area contributed by atoms with E-state index in [1.807, 2.05) is 30.6 Å². The van der Waals surface area contributed by atoms with E-state index < -0.39 is 6.04 Å². The van der Waals surface area contributed by atoms with E-state index in [2.05, 4.69) is 26.0 Å². The Morgan fingerprint density at radius 3 is 2.59 bits per heavy atom. The van der Waals surface area contributed by atoms with Gasteiger partial charge in [-0.05, 0) is 19.2 Å². The largest absolute Gasteiger partial charge is 0.349 e. The highest BCUT2D eigenvalue weighted by Gasteiger charge is 2.20. The van der Waals surface area contributed by atoms with Crippen molar-refractivity contribution in [3.63, 3.8) is 0 Å². The number of nitrogens with one attached hydrogen (secondary N) is 3. The summed E-state index contributed by atoms with van der Waals surface area (Å²) in [5.74, 6) is -0.290. The zero-order valence-corrected chi connectivity index (χ0v) is 17.7. The molecule has 0 aliphatic rings. The summed E-state index contributed by atoms with van der Waals surface area (Å²) in [5, 5.41) is 15.5. The molecule has 0 radical (unpaired) electrons. The molecule has 154 valence electrons. The van der Waals surface area contributed by atoms with Crippen molar-refractivity contribution in [2.75, 3.05) is 7.05 Å². The van der Waals surface area contributed by atoms with Crippen LogP contribution in [0.25, 0.3) is 0 Å². The number of amides is 2. The number of hydrogen-bond donors (Lipinski definition) is 3. The molecule has 3 aromatic rings. The van der Waals surface area contributed by atoms with Crippen LogP contribution >= 0.6 is 23.7 Å². The first-order valence-electron chi connectivity index (χ1n) is 8.77. The first-order chi connectivity index (χ1) is 13.6. The SMILES string of the molecule is CNC(C(=O)NCc1csc(CNC(=O)c2ccccc2)n1)c1cnn(C)c1.Cl. The molecule has 10 heteroatoms. The van der Waals surface area contributed by atoms with Crippen LogP contribution in [0.2, 0.25) is 0 Å². The van der Waals surface area contributed by atoms with Crippen LogP contribution in [0.1, 0.15) is 32.7 Å². The summed E-state index contributed by atoms with van der Waals surface area (Å²) in [6, 6.07) is 8.56. The predicted molar refractivity (Wildman–Crippen MR) is 114 cm³/mol. The van der Waals surface area contributed by atoms with Gasteiger partial charge in [0, 0.05) is 29.8 Å². The smallest absolute Gasteiger partial charge is 0.251 e. The monoisotopic (exact) mass is 434 g/mol. The molecule has 0 aliphatic heterocycles. The fraction of sp³-hybridized carbons (Fsp3) is 0.263. The van der Waals surface area contributed by atoms with E-state index in [-0.39, 0.29) is 24.2 Å². The van der Waals surface area contributed by atoms with Crippen LogP contribution in [-0.2, 0) is 24.9 Å². The van der Waals surface area contributed by atoms with Crippen LogP contribution in [-0.4, -0.2) is 33.6 Å². The van der Waals surface area contributed by atoms with Gasteiger partial charge in [0.2, 0.25) is 5.91 Å². The van der Waals surface area contributed by atoms with Gasteiger partial charge in [0.15, 0.2) is 0 Å². The van der Waals surface area contributed by atoms with Crippen molar-refractivity contribution in [2.45, 2.75) is 19.1 Å². The summed E-state index contributed by atoms with van der Waals surface area (Å²) >= 11 is 1.45. The topological polar surface area (TPSA) is 101 Å². The van der Waals surface area contributed by atoms with Gasteiger partial charge in [-0.15, -0.1) is 23.7 Å². The van der Waals surface area contributed by atoms with Crippen molar-refractivity contribution >= 4 is 35.6 Å². The molecule has 0 spiro atoms. The standard InChI is InChI=1S/C19H22N6O2S.ClH/c1-20-17(14-8-23-25(2)11-14)19(27)21-9-15-12-28-16(24-15)10-22-18(26)13-6-4-3-5-7-13;/h3-8,11-12,17,20H,9-10H2,1-2H3,(H,21,27)(H,22,26);1H. The molecule has 0 fully saturated rings. The minimum absolute atomic E-state index is 0. The minimum atomic E-state index is -0.475. The molecule has 0 aliphatic carbocycles. The Hall–Kier alpha value is -2.75. The lowest BCUT2D eigenvalue weighted by molar-refractivity contribution is -0.123. The van der Waals surface area contributed by atoms with Crippen molar-refractivity contribution in [1.29, 1.82) is 0 Å². The first kappa shape index (κ1) is 22.5. The molecule has 3 rings (SSSR count). The quantitative estimate of drug-likeness (QED) is 0.502. The third kappa shape index (κ3) is 6.11. The highest BCUT2D eigenvalue weighted by atomic mass is 35.5. The van der Waals surface area contributed by atoms with E-state index in [4.69, 9.17) is 0 Å². The number of hydrogen-bond acceptors (Lipinski definition) is 6. The third-order valence-electron chi connectivity index (χ3n) is 4.09. The number of nitrogens with zero attached hydrogens (tertiary/aromatic N) is 3. The lowest BCUT2D eigenvalue weighted by atomic mass is 10.1. The molecule has 2 amide bonds. The number of aryl methyl sites for hydroxylation is 1. The zero-order valence-electron chi connectivity index (χ0n) is 16.1. The number of rotatable bonds is 8. The molecular weight excluding hydrogens is 412 g/mol. The van der Waals surface area contributed by atoms with E-state index in [0.717, 1.165) is 16.3 Å². The molecule has 1 aromatic carbocycles. The van der Waals surface area contributed by atoms with Gasteiger partial charge in [0.1, 0.15) is 11.0 Å². The summed E-state index contributed by atoms with van der Waals surface area (Å²) in [6.07, 6.45) is 3.47. The van der Waals surface area contributed by atoms with Crippen molar-refractivity contribution in [2.24, 2.45) is 7.05 Å². The average Bonchev–Trinajstić information content (AvgIpc) is 3.35. The Kier molecular flexibility index (Phi) is 8.32. The summed E-state index contributed by atoms with van der Waals surface area (Å²) in [6.45, 7) is 0.668. The van der Waals surface area contributed by atoms with Crippen LogP contribution < -0.4 is 16.0 Å². The number of aromatic nitrogens is 3. The second kappa shape index (κ2) is 10.7. The molecule has 29 heavy (non-hydrogen) atoms. The van der Waals surface area contributed by atoms with Gasteiger partial charge in [-0.3, -0.25) is 14.3 Å². The summed E-state index contributed by atoms with van der Waals surface area (Å²) in [5.41, 5.74) is 2.16. The molecule has 2 heterocycles. The van der Waals surface area contributed by atoms with Crippen molar-refractivity contribution in [1.82, 2.24) is 30.7 Å². The van der Waals surface area contributed by atoms with E-state index in [1.165, 1.54) is 11.3 Å². The molecule has 0 bridgehead atoms. The number of carbonyl (C=O) groups is 2. The van der Waals surface area contributed by atoms with Gasteiger partial charge < -0.3 is 16.0 Å². The Labute approximate surface area is 179 Å². The first-order valence-corrected chi connectivity index (χ1v) is 9.65. The molecule has 0 saturated heterocycles. The molecular formula is C19H23ClN6O2S. The molecule has 1 unspecified atom stereocenters. The summed E-state index contributed by atoms with van der Waals surface area (Å²) in [4.78, 5) is 29.0. The maximum absolute atomic E-state index is 12.4. The summed E-state index contributed by atoms with van der Waals surface area (Å²) < 4.78 is 1.66. The van der Waals surface area contributed by atoms with Crippen molar-refractivity contribution in [3.8, 4) is 0 Å². The fourth-order valence-corrected chi connectivity index (χ4v) is 3.41. The highest BCUT2D eigenvalue weighted by Crippen LogP contribution is 2.13. The lowest BCUT2D eigenvalue weighted by Crippen LogP contribution is -2.35. The van der Waals surface area contributed by atoms with Gasteiger partial charge in [0.05, 0.1) is 25.0 Å². The normalized spacial score (nSPS) is 11.4. The van der Waals surface area contributed by atoms with Crippen LogP contribution in [0, 0.1) is 0 Å². The van der Waals surface area contributed by atoms with Gasteiger partial charge >= 0.3 is 0 Å². The van der Waals surface area contributed by atoms with E-state index >= 15 is 0 Å². The molecule has 0 saturated carbocycles. The Balaban J connectivity index is 0.00000300. The molecule has 8 nitrogen and oxygen atoms in total. The number of halogens is 1. The van der Waals surface area contributed by atoms with Gasteiger partial charge in [-0.1, -0.05) is 18.2 Å². The van der Waals surface area contributed by atoms with Gasteiger partial charge in [-0.2, -0.15) is 5.10 Å². The van der Waals surface area contributed by atoms with Crippen LogP contribution in [0.3, 0.4) is 0 Å². The third-order valence-corrected chi connectivity index (χ3v) is 4.99. The number of thiazole rings is 1. The number of likely N-dealkylation sites (N-methyl/N-ethyl adjacent to an activating group) is 1. The average molecular weight is 435 g/mol. The van der Waals surface area contributed by atoms with Crippen molar-refractivity contribution < 1.29 is 9.59 Å². The van der Waals surface area contributed by atoms with Gasteiger partial charge in [0.25, 0.3) is 5.91 Å². The second-order valence-electron chi connectivity index (χ2n) is 6.17. The van der Waals surface area contributed by atoms with Crippen LogP contribution in [0.15, 0.2) is 48.1 Å². The Morgan fingerprint density at radius 1 is 1.17 bits per heavy atom. The Morgan fingerprint density at radius 2 is 1.93 bits per heavy atom. The van der Waals surface area contributed by atoms with E-state index in [1.54, 1.807) is 36.3 Å². The predicted octanol–water partition coefficient (Wildman–Crippen LogP) is 1.81. The van der Waals surface area contributed by atoms with Crippen LogP contribution in [0.4, 0.5) is 0 Å². The second-order valence-corrected chi connectivity index (χ2v) is 7.11. The molecule has 2 aromatic heterocycles. The highest BCUT2D eigenvalue weighted by molar-refractivity contribution is 7.09.